The van der Waals surface area contributed by atoms with Crippen LogP contribution in [0.25, 0.3) is 0 Å². The van der Waals surface area contributed by atoms with E-state index in [2.05, 4.69) is 18.2 Å². The second kappa shape index (κ2) is 7.44. The zero-order valence-electron chi connectivity index (χ0n) is 17.0. The van der Waals surface area contributed by atoms with E-state index in [0.717, 1.165) is 41.0 Å². The van der Waals surface area contributed by atoms with E-state index in [1.807, 2.05) is 38.1 Å². The summed E-state index contributed by atoms with van der Waals surface area (Å²) in [7, 11) is 1.40. The Hall–Kier alpha value is -3.00. The number of nitrogens with zero attached hydrogens (tertiary/aromatic N) is 1. The first-order valence-corrected chi connectivity index (χ1v) is 9.96. The maximum atomic E-state index is 11.6. The molecule has 2 aromatic carbocycles. The molecule has 2 aliphatic rings. The molecular weight excluding hydrogens is 366 g/mol. The molecular formula is C24H25NO4. The Morgan fingerprint density at radius 1 is 1.28 bits per heavy atom. The van der Waals surface area contributed by atoms with E-state index in [1.54, 1.807) is 0 Å². The van der Waals surface area contributed by atoms with Crippen LogP contribution >= 0.6 is 0 Å². The predicted molar refractivity (Wildman–Crippen MR) is 108 cm³/mol. The number of hydrogen-bond acceptors (Lipinski definition) is 5. The van der Waals surface area contributed by atoms with Gasteiger partial charge >= 0.3 is 5.97 Å². The van der Waals surface area contributed by atoms with Gasteiger partial charge in [0.05, 0.1) is 31.6 Å². The molecule has 2 aromatic rings. The van der Waals surface area contributed by atoms with Crippen molar-refractivity contribution < 1.29 is 19.0 Å². The summed E-state index contributed by atoms with van der Waals surface area (Å²) in [6, 6.07) is 14.4. The van der Waals surface area contributed by atoms with Gasteiger partial charge in [-0.1, -0.05) is 24.3 Å². The van der Waals surface area contributed by atoms with Crippen molar-refractivity contribution in [1.29, 1.82) is 5.26 Å². The van der Waals surface area contributed by atoms with Gasteiger partial charge in [-0.05, 0) is 49.4 Å². The summed E-state index contributed by atoms with van der Waals surface area (Å²) in [6.07, 6.45) is 2.07. The normalized spacial score (nSPS) is 19.7. The Kier molecular flexibility index (Phi) is 4.96. The van der Waals surface area contributed by atoms with Gasteiger partial charge in [0, 0.05) is 17.5 Å². The third-order valence-electron chi connectivity index (χ3n) is 5.95. The summed E-state index contributed by atoms with van der Waals surface area (Å²) in [5.41, 5.74) is 3.99. The fraction of sp³-hybridized carbons (Fsp3) is 0.417. The second-order valence-corrected chi connectivity index (χ2v) is 8.24. The molecule has 0 spiro atoms. The van der Waals surface area contributed by atoms with Crippen molar-refractivity contribution >= 4 is 5.97 Å². The topological polar surface area (TPSA) is 68.6 Å². The fourth-order valence-corrected chi connectivity index (χ4v) is 4.33. The minimum Gasteiger partial charge on any atom is -0.492 e. The van der Waals surface area contributed by atoms with E-state index in [9.17, 15) is 10.1 Å². The maximum Gasteiger partial charge on any atom is 0.306 e. The Labute approximate surface area is 171 Å². The quantitative estimate of drug-likeness (QED) is 0.697. The van der Waals surface area contributed by atoms with Crippen LogP contribution in [-0.2, 0) is 21.4 Å². The van der Waals surface area contributed by atoms with Crippen molar-refractivity contribution in [2.24, 2.45) is 0 Å². The minimum absolute atomic E-state index is 0.0227. The number of ether oxygens (including phenoxy) is 3. The number of methoxy groups -OCH3 is 1. The number of nitriles is 1. The lowest BCUT2D eigenvalue weighted by molar-refractivity contribution is -0.141. The van der Waals surface area contributed by atoms with E-state index >= 15 is 0 Å². The number of carbonyl (C=O) groups excluding carboxylic acids is 1. The molecule has 0 N–H and O–H groups in total. The van der Waals surface area contributed by atoms with Gasteiger partial charge in [0.25, 0.3) is 0 Å². The summed E-state index contributed by atoms with van der Waals surface area (Å²) in [4.78, 5) is 11.6. The molecule has 4 rings (SSSR count). The molecule has 5 nitrogen and oxygen atoms in total. The molecule has 1 aliphatic carbocycles. The minimum atomic E-state index is -0.518. The van der Waals surface area contributed by atoms with E-state index in [-0.39, 0.29) is 18.0 Å². The summed E-state index contributed by atoms with van der Waals surface area (Å²) in [5, 5.41) is 9.54. The van der Waals surface area contributed by atoms with Crippen molar-refractivity contribution in [1.82, 2.24) is 0 Å². The predicted octanol–water partition coefficient (Wildman–Crippen LogP) is 4.59. The van der Waals surface area contributed by atoms with Crippen molar-refractivity contribution in [3.63, 3.8) is 0 Å². The Morgan fingerprint density at radius 2 is 2.10 bits per heavy atom. The first-order valence-electron chi connectivity index (χ1n) is 9.96. The van der Waals surface area contributed by atoms with Gasteiger partial charge in [-0.3, -0.25) is 4.79 Å². The van der Waals surface area contributed by atoms with Crippen molar-refractivity contribution in [2.75, 3.05) is 13.7 Å². The summed E-state index contributed by atoms with van der Waals surface area (Å²) >= 11 is 0. The number of fused-ring (bicyclic) bond motifs is 2. The average Bonchev–Trinajstić information content (AvgIpc) is 3.32. The van der Waals surface area contributed by atoms with Gasteiger partial charge in [-0.15, -0.1) is 0 Å². The standard InChI is InChI=1S/C24H25NO4/c1-24(2,14-25)20-6-4-5-19-18(20)9-10-21(19)29-16-7-8-17-15(11-23(26)27-3)13-28-22(17)12-16/h4-8,12,15,21H,9-11,13H2,1-3H3. The van der Waals surface area contributed by atoms with Gasteiger partial charge in [-0.2, -0.15) is 5.26 Å². The molecule has 0 bridgehead atoms. The van der Waals surface area contributed by atoms with E-state index < -0.39 is 5.41 Å². The van der Waals surface area contributed by atoms with Crippen LogP contribution in [0.5, 0.6) is 11.5 Å². The van der Waals surface area contributed by atoms with Crippen LogP contribution in [0.4, 0.5) is 0 Å². The zero-order valence-corrected chi connectivity index (χ0v) is 17.0. The van der Waals surface area contributed by atoms with Gasteiger partial charge in [0.15, 0.2) is 0 Å². The van der Waals surface area contributed by atoms with Crippen LogP contribution in [0.3, 0.4) is 0 Å². The lowest BCUT2D eigenvalue weighted by Gasteiger charge is -2.21. The van der Waals surface area contributed by atoms with Gasteiger partial charge in [-0.25, -0.2) is 0 Å². The number of hydrogen-bond donors (Lipinski definition) is 0. The lowest BCUT2D eigenvalue weighted by atomic mass is 9.82. The SMILES string of the molecule is COC(=O)CC1COc2cc(OC3CCc4c3cccc4C(C)(C)C#N)ccc21. The van der Waals surface area contributed by atoms with Gasteiger partial charge < -0.3 is 14.2 Å². The third-order valence-corrected chi connectivity index (χ3v) is 5.95. The Morgan fingerprint density at radius 3 is 2.86 bits per heavy atom. The smallest absolute Gasteiger partial charge is 0.306 e. The van der Waals surface area contributed by atoms with Crippen LogP contribution in [0.2, 0.25) is 0 Å². The highest BCUT2D eigenvalue weighted by molar-refractivity contribution is 5.71. The molecule has 2 unspecified atom stereocenters. The highest BCUT2D eigenvalue weighted by atomic mass is 16.5. The molecule has 0 saturated carbocycles. The third kappa shape index (κ3) is 3.55. The van der Waals surface area contributed by atoms with Crippen LogP contribution in [-0.4, -0.2) is 19.7 Å². The van der Waals surface area contributed by atoms with Crippen LogP contribution in [0.15, 0.2) is 36.4 Å². The molecule has 5 heteroatoms. The highest BCUT2D eigenvalue weighted by Crippen LogP contribution is 2.43. The van der Waals surface area contributed by atoms with Crippen LogP contribution in [0.1, 0.15) is 61.0 Å². The molecule has 1 aliphatic heterocycles. The molecule has 150 valence electrons. The first-order chi connectivity index (χ1) is 13.9. The van der Waals surface area contributed by atoms with Gasteiger partial charge in [0.1, 0.15) is 17.6 Å². The molecule has 0 amide bonds. The van der Waals surface area contributed by atoms with Crippen LogP contribution < -0.4 is 9.47 Å². The molecule has 0 saturated heterocycles. The van der Waals surface area contributed by atoms with Crippen molar-refractivity contribution in [3.8, 4) is 17.6 Å². The molecule has 0 radical (unpaired) electrons. The Balaban J connectivity index is 1.54. The summed E-state index contributed by atoms with van der Waals surface area (Å²) < 4.78 is 16.9. The average molecular weight is 391 g/mol. The first kappa shape index (κ1) is 19.3. The number of benzene rings is 2. The highest BCUT2D eigenvalue weighted by Gasteiger charge is 2.32. The molecule has 29 heavy (non-hydrogen) atoms. The maximum absolute atomic E-state index is 11.6. The van der Waals surface area contributed by atoms with Crippen molar-refractivity contribution in [3.05, 3.63) is 58.7 Å². The van der Waals surface area contributed by atoms with Crippen LogP contribution in [0, 0.1) is 11.3 Å². The summed E-state index contributed by atoms with van der Waals surface area (Å²) in [6.45, 7) is 4.39. The fourth-order valence-electron chi connectivity index (χ4n) is 4.33. The lowest BCUT2D eigenvalue weighted by Crippen LogP contribution is -2.16. The zero-order chi connectivity index (χ0) is 20.6. The molecule has 2 atom stereocenters. The van der Waals surface area contributed by atoms with E-state index in [0.29, 0.717) is 13.0 Å². The largest absolute Gasteiger partial charge is 0.492 e. The van der Waals surface area contributed by atoms with E-state index in [4.69, 9.17) is 14.2 Å². The van der Waals surface area contributed by atoms with Gasteiger partial charge in [0.2, 0.25) is 0 Å². The molecule has 0 fully saturated rings. The Bertz CT molecular complexity index is 989. The monoisotopic (exact) mass is 391 g/mol. The molecule has 1 heterocycles. The molecule has 0 aromatic heterocycles. The number of carbonyl (C=O) groups is 1. The van der Waals surface area contributed by atoms with Crippen molar-refractivity contribution in [2.45, 2.75) is 50.5 Å². The number of rotatable bonds is 5. The summed E-state index contributed by atoms with van der Waals surface area (Å²) in [5.74, 6) is 1.32. The number of esters is 1. The second-order valence-electron chi connectivity index (χ2n) is 8.24. The van der Waals surface area contributed by atoms with E-state index in [1.165, 1.54) is 12.7 Å².